The van der Waals surface area contributed by atoms with E-state index in [9.17, 15) is 19.2 Å². The molecular formula is C25H44N4O6. The van der Waals surface area contributed by atoms with Crippen LogP contribution in [0.2, 0.25) is 0 Å². The van der Waals surface area contributed by atoms with Crippen LogP contribution in [0, 0.1) is 5.92 Å². The number of carbonyl (C=O) groups excluding carboxylic acids is 4. The zero-order valence-corrected chi connectivity index (χ0v) is 21.8. The third kappa shape index (κ3) is 8.45. The first-order valence-corrected chi connectivity index (χ1v) is 13.0. The highest BCUT2D eigenvalue weighted by molar-refractivity contribution is 6.38. The van der Waals surface area contributed by atoms with Crippen LogP contribution in [0.15, 0.2) is 0 Å². The monoisotopic (exact) mass is 496 g/mol. The van der Waals surface area contributed by atoms with Crippen molar-refractivity contribution in [2.45, 2.75) is 89.8 Å². The van der Waals surface area contributed by atoms with Crippen molar-refractivity contribution < 1.29 is 28.7 Å². The molecule has 2 fully saturated rings. The number of nitrogens with one attached hydrogen (secondary N) is 3. The van der Waals surface area contributed by atoms with Crippen LogP contribution in [0.5, 0.6) is 0 Å². The summed E-state index contributed by atoms with van der Waals surface area (Å²) in [4.78, 5) is 54.1. The van der Waals surface area contributed by atoms with E-state index in [0.717, 1.165) is 25.7 Å². The number of morpholine rings is 1. The third-order valence-electron chi connectivity index (χ3n) is 6.95. The molecule has 0 bridgehead atoms. The zero-order valence-electron chi connectivity index (χ0n) is 21.8. The van der Waals surface area contributed by atoms with E-state index in [1.165, 1.54) is 0 Å². The van der Waals surface area contributed by atoms with Gasteiger partial charge in [-0.3, -0.25) is 14.4 Å². The van der Waals surface area contributed by atoms with Gasteiger partial charge in [-0.25, -0.2) is 4.79 Å². The van der Waals surface area contributed by atoms with E-state index < -0.39 is 29.2 Å². The molecule has 1 unspecified atom stereocenters. The number of carbonyl (C=O) groups is 4. The Balaban J connectivity index is 2.14. The zero-order chi connectivity index (χ0) is 25.8. The molecule has 2 atom stereocenters. The molecule has 0 aromatic rings. The van der Waals surface area contributed by atoms with Crippen LogP contribution in [0.3, 0.4) is 0 Å². The number of nitrogens with zero attached hydrogens (tertiary/aromatic N) is 1. The molecule has 200 valence electrons. The number of ketones is 1. The summed E-state index contributed by atoms with van der Waals surface area (Å²) in [5.74, 6) is -1.70. The number of amides is 4. The molecule has 1 heterocycles. The first kappa shape index (κ1) is 29.0. The fraction of sp³-hybridized carbons (Fsp3) is 0.840. The quantitative estimate of drug-likeness (QED) is 0.354. The molecule has 0 aromatic carbocycles. The molecule has 0 radical (unpaired) electrons. The maximum atomic E-state index is 13.6. The molecule has 0 aromatic heterocycles. The maximum Gasteiger partial charge on any atom is 0.318 e. The van der Waals surface area contributed by atoms with Gasteiger partial charge >= 0.3 is 6.03 Å². The molecule has 10 heteroatoms. The number of rotatable bonds is 12. The Kier molecular flexibility index (Phi) is 11.9. The van der Waals surface area contributed by atoms with Gasteiger partial charge in [-0.2, -0.15) is 0 Å². The molecule has 35 heavy (non-hydrogen) atoms. The van der Waals surface area contributed by atoms with E-state index in [1.54, 1.807) is 12.0 Å². The summed E-state index contributed by atoms with van der Waals surface area (Å²) in [5, 5.41) is 8.59. The van der Waals surface area contributed by atoms with Gasteiger partial charge < -0.3 is 30.3 Å². The van der Waals surface area contributed by atoms with Gasteiger partial charge in [0.2, 0.25) is 11.7 Å². The van der Waals surface area contributed by atoms with Gasteiger partial charge in [0, 0.05) is 20.2 Å². The molecule has 1 aliphatic heterocycles. The summed E-state index contributed by atoms with van der Waals surface area (Å²) in [6.45, 7) is 8.04. The Morgan fingerprint density at radius 3 is 2.26 bits per heavy atom. The lowest BCUT2D eigenvalue weighted by Crippen LogP contribution is -2.64. The fourth-order valence-electron chi connectivity index (χ4n) is 4.57. The standard InChI is InChI=1S/C25H44N4O6/c1-5-6-10-19(21(30)22(31)26-20(17-34-4)18(2)3)27-23(32)25(11-8-7-9-12-25)28-24(33)29-13-15-35-16-14-29/h18-20H,5-17H2,1-4H3,(H,26,31)(H,27,32)(H,28,33)/t19-,20?/m0/s1. The van der Waals surface area contributed by atoms with E-state index in [0.29, 0.717) is 58.6 Å². The molecular weight excluding hydrogens is 452 g/mol. The van der Waals surface area contributed by atoms with Crippen molar-refractivity contribution in [1.82, 2.24) is 20.9 Å². The number of methoxy groups -OCH3 is 1. The van der Waals surface area contributed by atoms with Crippen molar-refractivity contribution in [2.24, 2.45) is 5.92 Å². The van der Waals surface area contributed by atoms with Gasteiger partial charge in [0.05, 0.1) is 31.9 Å². The summed E-state index contributed by atoms with van der Waals surface area (Å²) in [6, 6.07) is -1.55. The van der Waals surface area contributed by atoms with E-state index in [-0.39, 0.29) is 18.0 Å². The Morgan fingerprint density at radius 2 is 1.69 bits per heavy atom. The minimum absolute atomic E-state index is 0.0799. The summed E-state index contributed by atoms with van der Waals surface area (Å²) >= 11 is 0. The van der Waals surface area contributed by atoms with E-state index in [4.69, 9.17) is 9.47 Å². The number of hydrogen-bond donors (Lipinski definition) is 3. The number of hydrogen-bond acceptors (Lipinski definition) is 6. The van der Waals surface area contributed by atoms with Crippen molar-refractivity contribution >= 4 is 23.6 Å². The van der Waals surface area contributed by atoms with Crippen molar-refractivity contribution in [3.63, 3.8) is 0 Å². The minimum Gasteiger partial charge on any atom is -0.383 e. The van der Waals surface area contributed by atoms with Crippen LogP contribution in [-0.4, -0.2) is 86.2 Å². The first-order chi connectivity index (χ1) is 16.7. The molecule has 1 saturated heterocycles. The van der Waals surface area contributed by atoms with Gasteiger partial charge in [0.25, 0.3) is 5.91 Å². The van der Waals surface area contributed by atoms with E-state index in [1.807, 2.05) is 20.8 Å². The summed E-state index contributed by atoms with van der Waals surface area (Å²) in [5.41, 5.74) is -1.09. The largest absolute Gasteiger partial charge is 0.383 e. The average molecular weight is 497 g/mol. The van der Waals surface area contributed by atoms with Gasteiger partial charge in [-0.1, -0.05) is 52.9 Å². The summed E-state index contributed by atoms with van der Waals surface area (Å²) in [6.07, 6.45) is 5.45. The van der Waals surface area contributed by atoms with Crippen molar-refractivity contribution in [3.05, 3.63) is 0 Å². The highest BCUT2D eigenvalue weighted by Crippen LogP contribution is 2.29. The molecule has 0 spiro atoms. The van der Waals surface area contributed by atoms with Crippen LogP contribution in [0.4, 0.5) is 4.79 Å². The van der Waals surface area contributed by atoms with Crippen LogP contribution in [0.25, 0.3) is 0 Å². The summed E-state index contributed by atoms with van der Waals surface area (Å²) in [7, 11) is 1.54. The van der Waals surface area contributed by atoms with Crippen LogP contribution in [0.1, 0.15) is 72.1 Å². The van der Waals surface area contributed by atoms with Crippen LogP contribution >= 0.6 is 0 Å². The summed E-state index contributed by atoms with van der Waals surface area (Å²) < 4.78 is 10.5. The number of urea groups is 1. The van der Waals surface area contributed by atoms with Crippen molar-refractivity contribution in [1.29, 1.82) is 0 Å². The highest BCUT2D eigenvalue weighted by atomic mass is 16.5. The number of Topliss-reactive ketones (excluding diaryl/α,β-unsaturated/α-hetero) is 1. The Morgan fingerprint density at radius 1 is 1.03 bits per heavy atom. The lowest BCUT2D eigenvalue weighted by atomic mass is 9.80. The Labute approximate surface area is 209 Å². The molecule has 10 nitrogen and oxygen atoms in total. The van der Waals surface area contributed by atoms with E-state index >= 15 is 0 Å². The lowest BCUT2D eigenvalue weighted by molar-refractivity contribution is -0.141. The second-order valence-electron chi connectivity index (χ2n) is 9.98. The third-order valence-corrected chi connectivity index (χ3v) is 6.95. The van der Waals surface area contributed by atoms with Gasteiger partial charge in [-0.05, 0) is 25.2 Å². The van der Waals surface area contributed by atoms with Gasteiger partial charge in [0.15, 0.2) is 0 Å². The number of unbranched alkanes of at least 4 members (excludes halogenated alkanes) is 1. The molecule has 2 rings (SSSR count). The Hall–Kier alpha value is -2.20. The number of ether oxygens (including phenoxy) is 2. The van der Waals surface area contributed by atoms with E-state index in [2.05, 4.69) is 16.0 Å². The molecule has 1 saturated carbocycles. The van der Waals surface area contributed by atoms with Crippen LogP contribution < -0.4 is 16.0 Å². The van der Waals surface area contributed by atoms with Gasteiger partial charge in [-0.15, -0.1) is 0 Å². The average Bonchev–Trinajstić information content (AvgIpc) is 2.86. The predicted octanol–water partition coefficient (Wildman–Crippen LogP) is 1.76. The second kappa shape index (κ2) is 14.4. The smallest absolute Gasteiger partial charge is 0.318 e. The van der Waals surface area contributed by atoms with Crippen molar-refractivity contribution in [3.8, 4) is 0 Å². The lowest BCUT2D eigenvalue weighted by Gasteiger charge is -2.39. The fourth-order valence-corrected chi connectivity index (χ4v) is 4.57. The predicted molar refractivity (Wildman–Crippen MR) is 132 cm³/mol. The van der Waals surface area contributed by atoms with Crippen LogP contribution in [-0.2, 0) is 23.9 Å². The Bertz CT molecular complexity index is 717. The SMILES string of the molecule is CCCC[C@H](NC(=O)C1(NC(=O)N2CCOCC2)CCCCC1)C(=O)C(=O)NC(COC)C(C)C. The normalized spacial score (nSPS) is 19.5. The topological polar surface area (TPSA) is 126 Å². The maximum absolute atomic E-state index is 13.6. The molecule has 2 aliphatic rings. The molecule has 1 aliphatic carbocycles. The van der Waals surface area contributed by atoms with Crippen molar-refractivity contribution in [2.75, 3.05) is 40.0 Å². The first-order valence-electron chi connectivity index (χ1n) is 13.0. The highest BCUT2D eigenvalue weighted by Gasteiger charge is 2.43. The molecule has 3 N–H and O–H groups in total. The van der Waals surface area contributed by atoms with Gasteiger partial charge in [0.1, 0.15) is 5.54 Å². The second-order valence-corrected chi connectivity index (χ2v) is 9.98. The molecule has 4 amide bonds. The minimum atomic E-state index is -1.09.